The van der Waals surface area contributed by atoms with Crippen LogP contribution in [0.15, 0.2) is 33.6 Å². The van der Waals surface area contributed by atoms with Gasteiger partial charge in [0.25, 0.3) is 5.56 Å². The Kier molecular flexibility index (Phi) is 4.41. The Bertz CT molecular complexity index is 1020. The first-order valence-corrected chi connectivity index (χ1v) is 7.98. The molecule has 128 valence electrons. The number of halogens is 1. The zero-order chi connectivity index (χ0) is 18.1. The highest BCUT2D eigenvalue weighted by atomic mass is 35.5. The first-order chi connectivity index (χ1) is 12.0. The number of aryl methyl sites for hydroxylation is 1. The zero-order valence-electron chi connectivity index (χ0n) is 13.7. The summed E-state index contributed by atoms with van der Waals surface area (Å²) in [6, 6.07) is 6.75. The zero-order valence-corrected chi connectivity index (χ0v) is 14.5. The lowest BCUT2D eigenvalue weighted by Crippen LogP contribution is -2.25. The molecular formula is C17H16ClN5O2. The molecule has 3 N–H and O–H groups in total. The molecule has 7 nitrogen and oxygen atoms in total. The van der Waals surface area contributed by atoms with E-state index in [4.69, 9.17) is 27.3 Å². The molecule has 0 saturated heterocycles. The van der Waals surface area contributed by atoms with Crippen molar-refractivity contribution < 1.29 is 4.52 Å². The van der Waals surface area contributed by atoms with Crippen LogP contribution in [-0.4, -0.2) is 20.9 Å². The van der Waals surface area contributed by atoms with Gasteiger partial charge in [0.05, 0.1) is 0 Å². The van der Waals surface area contributed by atoms with E-state index in [2.05, 4.69) is 10.1 Å². The molecule has 0 atom stereocenters. The maximum Gasteiger partial charge on any atom is 0.260 e. The third-order valence-electron chi connectivity index (χ3n) is 3.88. The number of nitrogens with two attached hydrogens (primary N) is 1. The van der Waals surface area contributed by atoms with Gasteiger partial charge in [-0.3, -0.25) is 9.36 Å². The molecule has 3 rings (SSSR count). The van der Waals surface area contributed by atoms with Gasteiger partial charge in [-0.1, -0.05) is 28.9 Å². The number of aromatic nitrogens is 3. The molecule has 0 radical (unpaired) electrons. The summed E-state index contributed by atoms with van der Waals surface area (Å²) < 4.78 is 6.39. The van der Waals surface area contributed by atoms with E-state index in [1.54, 1.807) is 31.2 Å². The third-order valence-corrected chi connectivity index (χ3v) is 4.19. The molecule has 1 aromatic carbocycles. The minimum Gasteiger partial charge on any atom is -0.384 e. The molecule has 0 aliphatic carbocycles. The summed E-state index contributed by atoms with van der Waals surface area (Å²) in [7, 11) is 0. The molecule has 0 spiro atoms. The highest BCUT2D eigenvalue weighted by Gasteiger charge is 2.16. The number of nitrogens with one attached hydrogen (secondary N) is 1. The summed E-state index contributed by atoms with van der Waals surface area (Å²) in [5.41, 5.74) is 7.78. The van der Waals surface area contributed by atoms with Crippen molar-refractivity contribution >= 4 is 23.6 Å². The van der Waals surface area contributed by atoms with E-state index in [9.17, 15) is 4.79 Å². The van der Waals surface area contributed by atoms with Crippen LogP contribution in [0.5, 0.6) is 0 Å². The summed E-state index contributed by atoms with van der Waals surface area (Å²) in [6.45, 7) is 3.92. The second kappa shape index (κ2) is 6.52. The molecule has 25 heavy (non-hydrogen) atoms. The lowest BCUT2D eigenvalue weighted by Gasteiger charge is -2.13. The average Bonchev–Trinajstić information content (AvgIpc) is 3.02. The molecule has 0 amide bonds. The molecule has 3 aromatic rings. The molecule has 8 heteroatoms. The van der Waals surface area contributed by atoms with Crippen molar-refractivity contribution in [3.8, 4) is 22.5 Å². The van der Waals surface area contributed by atoms with Gasteiger partial charge < -0.3 is 15.7 Å². The third kappa shape index (κ3) is 2.94. The Labute approximate surface area is 148 Å². The Morgan fingerprint density at radius 2 is 2.12 bits per heavy atom. The fraction of sp³-hybridized carbons (Fsp3) is 0.176. The van der Waals surface area contributed by atoms with Gasteiger partial charge in [-0.05, 0) is 19.1 Å². The summed E-state index contributed by atoms with van der Waals surface area (Å²) in [5, 5.41) is 11.7. The van der Waals surface area contributed by atoms with E-state index in [0.29, 0.717) is 45.5 Å². The van der Waals surface area contributed by atoms with Crippen LogP contribution in [0.3, 0.4) is 0 Å². The van der Waals surface area contributed by atoms with E-state index in [-0.39, 0.29) is 11.4 Å². The van der Waals surface area contributed by atoms with Gasteiger partial charge in [-0.15, -0.1) is 0 Å². The molecule has 2 heterocycles. The fourth-order valence-electron chi connectivity index (χ4n) is 2.61. The maximum absolute atomic E-state index is 12.7. The molecule has 0 aliphatic rings. The molecule has 0 saturated carbocycles. The summed E-state index contributed by atoms with van der Waals surface area (Å²) in [4.78, 5) is 16.9. The fourth-order valence-corrected chi connectivity index (χ4v) is 2.90. The van der Waals surface area contributed by atoms with E-state index >= 15 is 0 Å². The minimum absolute atomic E-state index is 0.254. The lowest BCUT2D eigenvalue weighted by atomic mass is 10.0. The van der Waals surface area contributed by atoms with Crippen molar-refractivity contribution in [2.24, 2.45) is 0 Å². The molecule has 0 aliphatic heterocycles. The van der Waals surface area contributed by atoms with E-state index in [1.165, 1.54) is 4.57 Å². The van der Waals surface area contributed by atoms with Crippen LogP contribution < -0.4 is 11.3 Å². The molecule has 2 aromatic heterocycles. The van der Waals surface area contributed by atoms with Crippen LogP contribution in [0.4, 0.5) is 5.82 Å². The number of rotatable bonds is 4. The van der Waals surface area contributed by atoms with Crippen molar-refractivity contribution in [3.05, 3.63) is 51.1 Å². The normalized spacial score (nSPS) is 10.8. The van der Waals surface area contributed by atoms with E-state index in [0.717, 1.165) is 6.21 Å². The quantitative estimate of drug-likeness (QED) is 0.697. The Hall–Kier alpha value is -2.93. The SMILES string of the molecule is CCn1c(N)c(C=N)cc(-c2ccc(-c3noc(C)n3)cc2Cl)c1=O. The molecule has 0 bridgehead atoms. The Morgan fingerprint density at radius 3 is 2.68 bits per heavy atom. The highest BCUT2D eigenvalue weighted by Crippen LogP contribution is 2.31. The van der Waals surface area contributed by atoms with Gasteiger partial charge in [0.15, 0.2) is 0 Å². The van der Waals surface area contributed by atoms with Crippen LogP contribution >= 0.6 is 11.6 Å². The molecule has 0 fully saturated rings. The number of pyridine rings is 1. The second-order valence-electron chi connectivity index (χ2n) is 5.42. The maximum atomic E-state index is 12.7. The smallest absolute Gasteiger partial charge is 0.260 e. The molecule has 0 unspecified atom stereocenters. The topological polar surface area (TPSA) is 111 Å². The van der Waals surface area contributed by atoms with Gasteiger partial charge in [0.2, 0.25) is 11.7 Å². The summed E-state index contributed by atoms with van der Waals surface area (Å²) >= 11 is 6.40. The monoisotopic (exact) mass is 357 g/mol. The summed E-state index contributed by atoms with van der Waals surface area (Å²) in [6.07, 6.45) is 1.12. The van der Waals surface area contributed by atoms with Gasteiger partial charge in [0, 0.05) is 47.0 Å². The van der Waals surface area contributed by atoms with Crippen molar-refractivity contribution in [1.82, 2.24) is 14.7 Å². The van der Waals surface area contributed by atoms with Crippen molar-refractivity contribution in [2.75, 3.05) is 5.73 Å². The van der Waals surface area contributed by atoms with Crippen LogP contribution in [-0.2, 0) is 6.54 Å². The van der Waals surface area contributed by atoms with Gasteiger partial charge in [0.1, 0.15) is 5.82 Å². The second-order valence-corrected chi connectivity index (χ2v) is 5.83. The van der Waals surface area contributed by atoms with Gasteiger partial charge in [-0.2, -0.15) is 4.98 Å². The number of anilines is 1. The summed E-state index contributed by atoms with van der Waals surface area (Å²) in [5.74, 6) is 1.14. The standard InChI is InChI=1S/C17H16ClN5O2/c1-3-23-15(20)11(8-19)6-13(17(23)24)12-5-4-10(7-14(12)18)16-21-9(2)25-22-16/h4-8,19H,3,20H2,1-2H3. The number of hydrogen-bond donors (Lipinski definition) is 2. The first kappa shape index (κ1) is 16.9. The average molecular weight is 358 g/mol. The van der Waals surface area contributed by atoms with Gasteiger partial charge >= 0.3 is 0 Å². The largest absolute Gasteiger partial charge is 0.384 e. The lowest BCUT2D eigenvalue weighted by molar-refractivity contribution is 0.394. The number of nitrogen functional groups attached to an aromatic ring is 1. The van der Waals surface area contributed by atoms with E-state index in [1.807, 2.05) is 6.92 Å². The Morgan fingerprint density at radius 1 is 1.36 bits per heavy atom. The van der Waals surface area contributed by atoms with Crippen LogP contribution in [0.25, 0.3) is 22.5 Å². The van der Waals surface area contributed by atoms with Crippen LogP contribution in [0, 0.1) is 12.3 Å². The predicted molar refractivity (Wildman–Crippen MR) is 97.1 cm³/mol. The molecular weight excluding hydrogens is 342 g/mol. The van der Waals surface area contributed by atoms with Gasteiger partial charge in [-0.25, -0.2) is 0 Å². The minimum atomic E-state index is -0.254. The Balaban J connectivity index is 2.17. The number of hydrogen-bond acceptors (Lipinski definition) is 6. The number of nitrogens with zero attached hydrogens (tertiary/aromatic N) is 3. The van der Waals surface area contributed by atoms with Crippen LogP contribution in [0.1, 0.15) is 18.4 Å². The van der Waals surface area contributed by atoms with Crippen molar-refractivity contribution in [3.63, 3.8) is 0 Å². The predicted octanol–water partition coefficient (Wildman–Crippen LogP) is 3.13. The highest BCUT2D eigenvalue weighted by molar-refractivity contribution is 6.33. The van der Waals surface area contributed by atoms with Crippen molar-refractivity contribution in [2.45, 2.75) is 20.4 Å². The van der Waals surface area contributed by atoms with Crippen molar-refractivity contribution in [1.29, 1.82) is 5.41 Å². The van der Waals surface area contributed by atoms with Crippen LogP contribution in [0.2, 0.25) is 5.02 Å². The first-order valence-electron chi connectivity index (χ1n) is 7.60. The van der Waals surface area contributed by atoms with E-state index < -0.39 is 0 Å². The number of benzene rings is 1.